The molecule has 1 atom stereocenters. The highest BCUT2D eigenvalue weighted by atomic mass is 16.7. The first-order chi connectivity index (χ1) is 10.5. The van der Waals surface area contributed by atoms with Crippen molar-refractivity contribution in [1.29, 1.82) is 0 Å². The van der Waals surface area contributed by atoms with Gasteiger partial charge in [-0.2, -0.15) is 0 Å². The molecule has 0 radical (unpaired) electrons. The van der Waals surface area contributed by atoms with E-state index in [1.807, 2.05) is 45.9 Å². The fourth-order valence-corrected chi connectivity index (χ4v) is 3.10. The Bertz CT molecular complexity index is 657. The molecule has 6 heteroatoms. The zero-order valence-corrected chi connectivity index (χ0v) is 14.9. The molecule has 1 fully saturated rings. The van der Waals surface area contributed by atoms with Crippen molar-refractivity contribution >= 4 is 24.2 Å². The van der Waals surface area contributed by atoms with Crippen molar-refractivity contribution in [2.45, 2.75) is 51.4 Å². The van der Waals surface area contributed by atoms with E-state index in [0.29, 0.717) is 0 Å². The third-order valence-corrected chi connectivity index (χ3v) is 5.54. The number of anilines is 1. The molecule has 1 aromatic carbocycles. The summed E-state index contributed by atoms with van der Waals surface area (Å²) in [6.45, 7) is 9.90. The van der Waals surface area contributed by atoms with Gasteiger partial charge in [-0.15, -0.1) is 0 Å². The average Bonchev–Trinajstić information content (AvgIpc) is 2.82. The Morgan fingerprint density at radius 3 is 2.17 bits per heavy atom. The van der Waals surface area contributed by atoms with Gasteiger partial charge in [-0.3, -0.25) is 4.79 Å². The van der Waals surface area contributed by atoms with E-state index in [1.54, 1.807) is 26.0 Å². The predicted octanol–water partition coefficient (Wildman–Crippen LogP) is 1.82. The Morgan fingerprint density at radius 1 is 1.09 bits per heavy atom. The van der Waals surface area contributed by atoms with Gasteiger partial charge in [0.15, 0.2) is 5.60 Å². The number of fused-ring (bicyclic) bond motifs is 1. The predicted molar refractivity (Wildman–Crippen MR) is 89.9 cm³/mol. The van der Waals surface area contributed by atoms with Crippen molar-refractivity contribution in [3.05, 3.63) is 23.8 Å². The van der Waals surface area contributed by atoms with E-state index < -0.39 is 12.7 Å². The molecule has 0 unspecified atom stereocenters. The molecule has 0 aromatic heterocycles. The van der Waals surface area contributed by atoms with Crippen molar-refractivity contribution in [2.24, 2.45) is 0 Å². The zero-order chi connectivity index (χ0) is 17.2. The van der Waals surface area contributed by atoms with Crippen LogP contribution < -0.4 is 10.4 Å². The topological polar surface area (TPSA) is 48.0 Å². The summed E-state index contributed by atoms with van der Waals surface area (Å²) in [5.41, 5.74) is 0.902. The molecule has 3 rings (SSSR count). The number of nitrogens with zero attached hydrogens (tertiary/aromatic N) is 1. The van der Waals surface area contributed by atoms with Crippen LogP contribution in [0.5, 0.6) is 0 Å². The number of amides is 1. The second-order valence-electron chi connectivity index (χ2n) is 7.47. The van der Waals surface area contributed by atoms with Crippen LogP contribution in [0.15, 0.2) is 18.2 Å². The highest BCUT2D eigenvalue weighted by molar-refractivity contribution is 6.62. The summed E-state index contributed by atoms with van der Waals surface area (Å²) in [4.78, 5) is 14.1. The van der Waals surface area contributed by atoms with Crippen LogP contribution >= 0.6 is 0 Å². The van der Waals surface area contributed by atoms with Gasteiger partial charge in [-0.05, 0) is 46.1 Å². The molecule has 1 amide bonds. The molecule has 124 valence electrons. The largest absolute Gasteiger partial charge is 0.494 e. The highest BCUT2D eigenvalue weighted by Gasteiger charge is 2.53. The Labute approximate surface area is 138 Å². The van der Waals surface area contributed by atoms with Gasteiger partial charge in [-0.1, -0.05) is 12.1 Å². The zero-order valence-electron chi connectivity index (χ0n) is 14.9. The maximum atomic E-state index is 12.5. The first-order valence-electron chi connectivity index (χ1n) is 7.87. The van der Waals surface area contributed by atoms with Crippen molar-refractivity contribution in [3.63, 3.8) is 0 Å². The lowest BCUT2D eigenvalue weighted by Gasteiger charge is -2.32. The summed E-state index contributed by atoms with van der Waals surface area (Å²) in [6, 6.07) is 5.84. The summed E-state index contributed by atoms with van der Waals surface area (Å²) < 4.78 is 17.7. The first kappa shape index (κ1) is 16.5. The molecule has 2 aliphatic rings. The average molecular weight is 317 g/mol. The second-order valence-corrected chi connectivity index (χ2v) is 7.47. The van der Waals surface area contributed by atoms with E-state index in [9.17, 15) is 4.79 Å². The Hall–Kier alpha value is -1.37. The minimum absolute atomic E-state index is 0.0685. The lowest BCUT2D eigenvalue weighted by Crippen LogP contribution is -2.41. The molecule has 1 saturated heterocycles. The number of hydrogen-bond donors (Lipinski definition) is 0. The van der Waals surface area contributed by atoms with Crippen molar-refractivity contribution in [1.82, 2.24) is 0 Å². The van der Waals surface area contributed by atoms with E-state index >= 15 is 0 Å². The van der Waals surface area contributed by atoms with Gasteiger partial charge in [0, 0.05) is 25.4 Å². The van der Waals surface area contributed by atoms with E-state index in [0.717, 1.165) is 16.7 Å². The minimum atomic E-state index is -0.932. The van der Waals surface area contributed by atoms with Crippen molar-refractivity contribution < 1.29 is 18.8 Å². The smallest absolute Gasteiger partial charge is 0.399 e. The van der Waals surface area contributed by atoms with Crippen molar-refractivity contribution in [2.75, 3.05) is 19.1 Å². The number of carbonyl (C=O) groups excluding carboxylic acids is 1. The number of carbonyl (C=O) groups is 1. The van der Waals surface area contributed by atoms with Crippen LogP contribution in [0, 0.1) is 0 Å². The number of rotatable bonds is 2. The monoisotopic (exact) mass is 317 g/mol. The van der Waals surface area contributed by atoms with Crippen LogP contribution in [-0.4, -0.2) is 38.4 Å². The van der Waals surface area contributed by atoms with Crippen LogP contribution in [0.2, 0.25) is 0 Å². The number of ether oxygens (including phenoxy) is 1. The maximum Gasteiger partial charge on any atom is 0.494 e. The molecule has 0 N–H and O–H groups in total. The molecular formula is C17H24BNO4. The fraction of sp³-hybridized carbons (Fsp3) is 0.588. The Kier molecular flexibility index (Phi) is 3.45. The van der Waals surface area contributed by atoms with E-state index in [4.69, 9.17) is 14.0 Å². The Morgan fingerprint density at radius 2 is 1.65 bits per heavy atom. The molecular weight excluding hydrogens is 293 g/mol. The third-order valence-electron chi connectivity index (χ3n) is 5.54. The number of likely N-dealkylation sites (N-methyl/N-ethyl adjacent to an activating group) is 1. The third kappa shape index (κ3) is 2.16. The molecule has 0 aliphatic carbocycles. The van der Waals surface area contributed by atoms with Crippen molar-refractivity contribution in [3.8, 4) is 0 Å². The Balaban J connectivity index is 2.00. The molecule has 2 aliphatic heterocycles. The van der Waals surface area contributed by atoms with Crippen LogP contribution in [0.1, 0.15) is 40.2 Å². The maximum absolute atomic E-state index is 12.5. The van der Waals surface area contributed by atoms with Gasteiger partial charge in [0.25, 0.3) is 5.91 Å². The van der Waals surface area contributed by atoms with E-state index in [1.165, 1.54) is 0 Å². The van der Waals surface area contributed by atoms with Crippen LogP contribution in [0.25, 0.3) is 0 Å². The summed E-state index contributed by atoms with van der Waals surface area (Å²) in [5.74, 6) is -0.0685. The number of methoxy groups -OCH3 is 1. The summed E-state index contributed by atoms with van der Waals surface area (Å²) in [6.07, 6.45) is 0. The lowest BCUT2D eigenvalue weighted by molar-refractivity contribution is -0.137. The summed E-state index contributed by atoms with van der Waals surface area (Å²) >= 11 is 0. The standard InChI is InChI=1S/C17H24BNO4/c1-15(2)16(3,4)23-18(22-15)11-8-9-12-13(10-11)19(6)14(20)17(12,5)21-7/h8-10H,1-7H3/t17-/m0/s1. The molecule has 0 bridgehead atoms. The van der Waals surface area contributed by atoms with Gasteiger partial charge in [0.2, 0.25) is 0 Å². The summed E-state index contributed by atoms with van der Waals surface area (Å²) in [7, 11) is 2.88. The number of hydrogen-bond acceptors (Lipinski definition) is 4. The first-order valence-corrected chi connectivity index (χ1v) is 7.87. The SMILES string of the molecule is CO[C@]1(C)C(=O)N(C)c2cc(B3OC(C)(C)C(C)(C)O3)ccc21. The molecule has 2 heterocycles. The quantitative estimate of drug-likeness (QED) is 0.781. The molecule has 5 nitrogen and oxygen atoms in total. The van der Waals surface area contributed by atoms with Crippen LogP contribution in [-0.2, 0) is 24.4 Å². The normalized spacial score (nSPS) is 28.4. The molecule has 0 spiro atoms. The molecule has 23 heavy (non-hydrogen) atoms. The second kappa shape index (κ2) is 4.82. The summed E-state index contributed by atoms with van der Waals surface area (Å²) in [5, 5.41) is 0. The van der Waals surface area contributed by atoms with Gasteiger partial charge >= 0.3 is 7.12 Å². The highest BCUT2D eigenvalue weighted by Crippen LogP contribution is 2.42. The van der Waals surface area contributed by atoms with Crippen LogP contribution in [0.3, 0.4) is 0 Å². The van der Waals surface area contributed by atoms with Gasteiger partial charge in [-0.25, -0.2) is 0 Å². The van der Waals surface area contributed by atoms with Gasteiger partial charge in [0.05, 0.1) is 11.2 Å². The molecule has 1 aromatic rings. The fourth-order valence-electron chi connectivity index (χ4n) is 3.10. The lowest BCUT2D eigenvalue weighted by atomic mass is 9.78. The van der Waals surface area contributed by atoms with E-state index in [-0.39, 0.29) is 17.1 Å². The van der Waals surface area contributed by atoms with E-state index in [2.05, 4.69) is 0 Å². The minimum Gasteiger partial charge on any atom is -0.399 e. The van der Waals surface area contributed by atoms with Gasteiger partial charge < -0.3 is 18.9 Å². The molecule has 0 saturated carbocycles. The number of benzene rings is 1. The van der Waals surface area contributed by atoms with Gasteiger partial charge in [0.1, 0.15) is 0 Å². The van der Waals surface area contributed by atoms with Crippen LogP contribution in [0.4, 0.5) is 5.69 Å².